The molecule has 6 aliphatic rings. The smallest absolute Gasteiger partial charge is 0.234 e. The normalized spacial score (nSPS) is 39.3. The highest BCUT2D eigenvalue weighted by Gasteiger charge is 2.63. The van der Waals surface area contributed by atoms with E-state index in [1.807, 2.05) is 0 Å². The molecule has 1 saturated heterocycles. The van der Waals surface area contributed by atoms with Crippen LogP contribution in [0.15, 0.2) is 48.5 Å². The zero-order chi connectivity index (χ0) is 18.6. The van der Waals surface area contributed by atoms with E-state index in [1.165, 1.54) is 41.5 Å². The van der Waals surface area contributed by atoms with Crippen LogP contribution in [0.4, 0.5) is 0 Å². The number of rotatable bonds is 1. The van der Waals surface area contributed by atoms with Crippen molar-refractivity contribution in [3.05, 3.63) is 70.8 Å². The van der Waals surface area contributed by atoms with E-state index >= 15 is 0 Å². The van der Waals surface area contributed by atoms with E-state index in [-0.39, 0.29) is 41.5 Å². The van der Waals surface area contributed by atoms with Crippen molar-refractivity contribution in [3.8, 4) is 0 Å². The lowest BCUT2D eigenvalue weighted by Gasteiger charge is -2.45. The molecule has 8 rings (SSSR count). The number of amides is 2. The van der Waals surface area contributed by atoms with Crippen molar-refractivity contribution >= 4 is 11.8 Å². The van der Waals surface area contributed by atoms with Gasteiger partial charge in [0, 0.05) is 17.9 Å². The quantitative estimate of drug-likeness (QED) is 0.711. The van der Waals surface area contributed by atoms with Gasteiger partial charge >= 0.3 is 0 Å². The highest BCUT2D eigenvalue weighted by atomic mass is 16.2. The summed E-state index contributed by atoms with van der Waals surface area (Å²) in [7, 11) is 0. The van der Waals surface area contributed by atoms with Gasteiger partial charge in [0.2, 0.25) is 11.8 Å². The Bertz CT molecular complexity index is 927. The maximum atomic E-state index is 13.7. The number of fused-ring (bicyclic) bond motifs is 2. The van der Waals surface area contributed by atoms with Gasteiger partial charge in [-0.25, -0.2) is 0 Å². The Labute approximate surface area is 164 Å². The summed E-state index contributed by atoms with van der Waals surface area (Å²) in [5.41, 5.74) is 5.07. The molecule has 4 bridgehead atoms. The number of hydrogen-bond donors (Lipinski definition) is 0. The molecule has 3 heteroatoms. The SMILES string of the molecule is O=C1[C@@H]2C3c4ccccc4C(c4ccccc43)[C@@H]2C(=O)N1[C@H]1C[C@H]2CC[C@H]1C2. The minimum absolute atomic E-state index is 0.0300. The van der Waals surface area contributed by atoms with Crippen LogP contribution in [0, 0.1) is 23.7 Å². The van der Waals surface area contributed by atoms with E-state index in [9.17, 15) is 9.59 Å². The van der Waals surface area contributed by atoms with Crippen LogP contribution in [-0.4, -0.2) is 22.8 Å². The Kier molecular flexibility index (Phi) is 2.84. The summed E-state index contributed by atoms with van der Waals surface area (Å²) < 4.78 is 0. The molecule has 2 aromatic rings. The van der Waals surface area contributed by atoms with Crippen molar-refractivity contribution in [3.63, 3.8) is 0 Å². The van der Waals surface area contributed by atoms with Gasteiger partial charge in [-0.3, -0.25) is 14.5 Å². The third-order valence-corrected chi connectivity index (χ3v) is 8.51. The molecule has 0 N–H and O–H groups in total. The molecule has 2 amide bonds. The van der Waals surface area contributed by atoms with Crippen LogP contribution in [0.5, 0.6) is 0 Å². The van der Waals surface area contributed by atoms with E-state index in [0.717, 1.165) is 12.3 Å². The Hall–Kier alpha value is -2.42. The van der Waals surface area contributed by atoms with Crippen LogP contribution in [0.25, 0.3) is 0 Å². The molecule has 0 unspecified atom stereocenters. The number of likely N-dealkylation sites (tertiary alicyclic amines) is 1. The molecule has 2 saturated carbocycles. The van der Waals surface area contributed by atoms with Crippen LogP contribution in [0.3, 0.4) is 0 Å². The van der Waals surface area contributed by atoms with Gasteiger partial charge in [0.15, 0.2) is 0 Å². The molecule has 0 aromatic heterocycles. The zero-order valence-corrected chi connectivity index (χ0v) is 15.8. The first-order valence-electron chi connectivity index (χ1n) is 10.8. The average Bonchev–Trinajstić information content (AvgIpc) is 3.42. The molecule has 1 heterocycles. The third-order valence-electron chi connectivity index (χ3n) is 8.51. The van der Waals surface area contributed by atoms with E-state index < -0.39 is 0 Å². The third kappa shape index (κ3) is 1.68. The fraction of sp³-hybridized carbons (Fsp3) is 0.440. The lowest BCUT2D eigenvalue weighted by molar-refractivity contribution is -0.144. The van der Waals surface area contributed by atoms with Gasteiger partial charge in [-0.15, -0.1) is 0 Å². The molecule has 0 radical (unpaired) electrons. The van der Waals surface area contributed by atoms with E-state index in [4.69, 9.17) is 0 Å². The standard InChI is InChI=1S/C25H23NO2/c27-24-22-20-15-5-1-2-6-16(15)21(18-8-4-3-7-17(18)20)23(22)25(28)26(24)19-12-13-9-10-14(19)11-13/h1-8,13-14,19-23H,9-12H2/t13-,14-,19-,20?,21?,22-,23+/m0/s1. The molecule has 140 valence electrons. The topological polar surface area (TPSA) is 37.4 Å². The molecule has 5 aliphatic carbocycles. The van der Waals surface area contributed by atoms with Crippen LogP contribution >= 0.6 is 0 Å². The van der Waals surface area contributed by atoms with Crippen molar-refractivity contribution < 1.29 is 9.59 Å². The highest BCUT2D eigenvalue weighted by Crippen LogP contribution is 2.62. The van der Waals surface area contributed by atoms with Crippen molar-refractivity contribution in [1.82, 2.24) is 4.90 Å². The molecular weight excluding hydrogens is 346 g/mol. The van der Waals surface area contributed by atoms with Gasteiger partial charge in [0.05, 0.1) is 11.8 Å². The van der Waals surface area contributed by atoms with Gasteiger partial charge in [-0.2, -0.15) is 0 Å². The summed E-state index contributed by atoms with van der Waals surface area (Å²) in [4.78, 5) is 29.2. The van der Waals surface area contributed by atoms with E-state index in [0.29, 0.717) is 5.92 Å². The fourth-order valence-corrected chi connectivity index (χ4v) is 7.55. The second kappa shape index (κ2) is 5.14. The number of benzene rings is 2. The average molecular weight is 369 g/mol. The minimum atomic E-state index is -0.207. The van der Waals surface area contributed by atoms with Crippen LogP contribution in [-0.2, 0) is 9.59 Å². The zero-order valence-electron chi connectivity index (χ0n) is 15.8. The summed E-state index contributed by atoms with van der Waals surface area (Å²) >= 11 is 0. The first kappa shape index (κ1) is 15.5. The molecule has 2 aromatic carbocycles. The predicted octanol–water partition coefficient (Wildman–Crippen LogP) is 4.07. The first-order chi connectivity index (χ1) is 13.7. The van der Waals surface area contributed by atoms with E-state index in [1.54, 1.807) is 4.90 Å². The van der Waals surface area contributed by atoms with E-state index in [2.05, 4.69) is 48.5 Å². The molecule has 1 aliphatic heterocycles. The predicted molar refractivity (Wildman–Crippen MR) is 105 cm³/mol. The van der Waals surface area contributed by atoms with Crippen LogP contribution < -0.4 is 0 Å². The van der Waals surface area contributed by atoms with Gasteiger partial charge in [-0.1, -0.05) is 55.0 Å². The molecule has 0 spiro atoms. The summed E-state index contributed by atoms with van der Waals surface area (Å²) in [6.07, 6.45) is 4.72. The largest absolute Gasteiger partial charge is 0.279 e. The first-order valence-corrected chi connectivity index (χ1v) is 10.8. The van der Waals surface area contributed by atoms with Crippen molar-refractivity contribution in [2.24, 2.45) is 23.7 Å². The van der Waals surface area contributed by atoms with Gasteiger partial charge in [0.25, 0.3) is 0 Å². The highest BCUT2D eigenvalue weighted by molar-refractivity contribution is 6.08. The summed E-state index contributed by atoms with van der Waals surface area (Å²) in [5, 5.41) is 0. The number of carbonyl (C=O) groups excluding carboxylic acids is 2. The van der Waals surface area contributed by atoms with Gasteiger partial charge < -0.3 is 0 Å². The second-order valence-corrected chi connectivity index (χ2v) is 9.55. The van der Waals surface area contributed by atoms with Crippen LogP contribution in [0.2, 0.25) is 0 Å². The number of nitrogens with zero attached hydrogens (tertiary/aromatic N) is 1. The molecule has 5 atom stereocenters. The number of hydrogen-bond acceptors (Lipinski definition) is 2. The summed E-state index contributed by atoms with van der Waals surface area (Å²) in [6, 6.07) is 17.2. The lowest BCUT2D eigenvalue weighted by Crippen LogP contribution is -2.43. The Morgan fingerprint density at radius 1 is 0.679 bits per heavy atom. The van der Waals surface area contributed by atoms with Crippen molar-refractivity contribution in [1.29, 1.82) is 0 Å². The Morgan fingerprint density at radius 3 is 1.57 bits per heavy atom. The van der Waals surface area contributed by atoms with Gasteiger partial charge in [-0.05, 0) is 53.4 Å². The summed E-state index contributed by atoms with van der Waals surface area (Å²) in [6.45, 7) is 0. The Balaban J connectivity index is 1.40. The van der Waals surface area contributed by atoms with Crippen LogP contribution in [0.1, 0.15) is 59.8 Å². The fourth-order valence-electron chi connectivity index (χ4n) is 7.55. The maximum Gasteiger partial charge on any atom is 0.234 e. The molecule has 3 nitrogen and oxygen atoms in total. The monoisotopic (exact) mass is 369 g/mol. The molecule has 3 fully saturated rings. The Morgan fingerprint density at radius 2 is 1.18 bits per heavy atom. The van der Waals surface area contributed by atoms with Gasteiger partial charge in [0.1, 0.15) is 0 Å². The molecular formula is C25H23NO2. The number of carbonyl (C=O) groups is 2. The maximum absolute atomic E-state index is 13.7. The molecule has 28 heavy (non-hydrogen) atoms. The van der Waals surface area contributed by atoms with Crippen molar-refractivity contribution in [2.75, 3.05) is 0 Å². The second-order valence-electron chi connectivity index (χ2n) is 9.55. The summed E-state index contributed by atoms with van der Waals surface area (Å²) in [5.74, 6) is 1.15. The lowest BCUT2D eigenvalue weighted by atomic mass is 9.55. The van der Waals surface area contributed by atoms with Crippen molar-refractivity contribution in [2.45, 2.75) is 43.6 Å². The number of imide groups is 1. The minimum Gasteiger partial charge on any atom is -0.279 e.